The number of aromatic amines is 1. The SMILES string of the molecule is Cc1nc(CC2CCOC3(CCN(C(=O)c4ccc5nc[nH]c5c4)CC3)C2)no1. The lowest BCUT2D eigenvalue weighted by molar-refractivity contribution is -0.123. The number of amides is 1. The molecule has 2 saturated heterocycles. The highest BCUT2D eigenvalue weighted by molar-refractivity contribution is 5.97. The van der Waals surface area contributed by atoms with Crippen LogP contribution in [-0.2, 0) is 11.2 Å². The van der Waals surface area contributed by atoms with E-state index in [1.165, 1.54) is 0 Å². The number of H-pyrrole nitrogens is 1. The van der Waals surface area contributed by atoms with Crippen molar-refractivity contribution in [2.45, 2.75) is 44.6 Å². The summed E-state index contributed by atoms with van der Waals surface area (Å²) in [4.78, 5) is 26.5. The van der Waals surface area contributed by atoms with Gasteiger partial charge in [0.05, 0.1) is 23.0 Å². The third-order valence-electron chi connectivity index (χ3n) is 6.26. The summed E-state index contributed by atoms with van der Waals surface area (Å²) in [6, 6.07) is 5.63. The maximum Gasteiger partial charge on any atom is 0.253 e. The number of hydrogen-bond acceptors (Lipinski definition) is 6. The molecule has 3 aromatic rings. The highest BCUT2D eigenvalue weighted by atomic mass is 16.5. The largest absolute Gasteiger partial charge is 0.375 e. The molecule has 5 rings (SSSR count). The van der Waals surface area contributed by atoms with Crippen LogP contribution in [0.15, 0.2) is 29.0 Å². The van der Waals surface area contributed by atoms with Crippen molar-refractivity contribution in [1.82, 2.24) is 25.0 Å². The first kappa shape index (κ1) is 18.3. The minimum atomic E-state index is -0.133. The number of carbonyl (C=O) groups excluding carboxylic acids is 1. The van der Waals surface area contributed by atoms with Crippen molar-refractivity contribution in [3.05, 3.63) is 41.8 Å². The first-order chi connectivity index (χ1) is 14.1. The van der Waals surface area contributed by atoms with Crippen molar-refractivity contribution < 1.29 is 14.1 Å². The summed E-state index contributed by atoms with van der Waals surface area (Å²) in [6.07, 6.45) is 6.22. The van der Waals surface area contributed by atoms with Gasteiger partial charge in [0.2, 0.25) is 5.89 Å². The molecule has 0 aliphatic carbocycles. The number of rotatable bonds is 3. The Morgan fingerprint density at radius 1 is 1.34 bits per heavy atom. The zero-order valence-electron chi connectivity index (χ0n) is 16.6. The van der Waals surface area contributed by atoms with Gasteiger partial charge in [-0.1, -0.05) is 5.16 Å². The Labute approximate surface area is 168 Å². The van der Waals surface area contributed by atoms with Crippen molar-refractivity contribution in [3.63, 3.8) is 0 Å². The summed E-state index contributed by atoms with van der Waals surface area (Å²) in [5.41, 5.74) is 2.33. The number of carbonyl (C=O) groups is 1. The van der Waals surface area contributed by atoms with Gasteiger partial charge in [0.1, 0.15) is 0 Å². The molecule has 1 unspecified atom stereocenters. The Hall–Kier alpha value is -2.74. The Balaban J connectivity index is 1.22. The van der Waals surface area contributed by atoms with Crippen molar-refractivity contribution in [1.29, 1.82) is 0 Å². The monoisotopic (exact) mass is 395 g/mol. The predicted octanol–water partition coefficient (Wildman–Crippen LogP) is 2.90. The van der Waals surface area contributed by atoms with Gasteiger partial charge in [0, 0.05) is 38.6 Å². The predicted molar refractivity (Wildman–Crippen MR) is 105 cm³/mol. The number of likely N-dealkylation sites (tertiary alicyclic amines) is 1. The Morgan fingerprint density at radius 3 is 3.00 bits per heavy atom. The third-order valence-corrected chi connectivity index (χ3v) is 6.26. The molecule has 2 aromatic heterocycles. The number of nitrogens with one attached hydrogen (secondary N) is 1. The molecule has 2 fully saturated rings. The van der Waals surface area contributed by atoms with Crippen molar-refractivity contribution in [2.24, 2.45) is 5.92 Å². The summed E-state index contributed by atoms with van der Waals surface area (Å²) in [5.74, 6) is 1.96. The van der Waals surface area contributed by atoms with Crippen LogP contribution < -0.4 is 0 Å². The number of hydrogen-bond donors (Lipinski definition) is 1. The number of aryl methyl sites for hydroxylation is 1. The number of fused-ring (bicyclic) bond motifs is 1. The van der Waals surface area contributed by atoms with Crippen LogP contribution in [0.3, 0.4) is 0 Å². The van der Waals surface area contributed by atoms with Crippen LogP contribution in [0.4, 0.5) is 0 Å². The Bertz CT molecular complexity index is 1020. The van der Waals surface area contributed by atoms with E-state index in [0.29, 0.717) is 30.5 Å². The molecule has 2 aliphatic heterocycles. The van der Waals surface area contributed by atoms with Crippen LogP contribution in [0.25, 0.3) is 11.0 Å². The second-order valence-corrected chi connectivity index (χ2v) is 8.25. The van der Waals surface area contributed by atoms with Gasteiger partial charge in [-0.05, 0) is 49.8 Å². The fourth-order valence-corrected chi connectivity index (χ4v) is 4.70. The van der Waals surface area contributed by atoms with E-state index in [1.807, 2.05) is 30.0 Å². The van der Waals surface area contributed by atoms with Gasteiger partial charge >= 0.3 is 0 Å². The molecule has 1 atom stereocenters. The number of nitrogens with zero attached hydrogens (tertiary/aromatic N) is 4. The van der Waals surface area contributed by atoms with E-state index in [1.54, 1.807) is 6.33 Å². The highest BCUT2D eigenvalue weighted by Gasteiger charge is 2.41. The molecule has 1 aromatic carbocycles. The average molecular weight is 395 g/mol. The van der Waals surface area contributed by atoms with E-state index in [-0.39, 0.29) is 11.5 Å². The molecule has 1 amide bonds. The average Bonchev–Trinajstić information content (AvgIpc) is 3.36. The minimum Gasteiger partial charge on any atom is -0.375 e. The standard InChI is InChI=1S/C21H25N5O3/c1-14-24-19(25-29-14)10-15-4-9-28-21(12-15)5-7-26(8-6-21)20(27)16-2-3-17-18(11-16)23-13-22-17/h2-3,11,13,15H,4-10,12H2,1H3,(H,22,23). The van der Waals surface area contributed by atoms with Crippen LogP contribution >= 0.6 is 0 Å². The van der Waals surface area contributed by atoms with Crippen molar-refractivity contribution in [3.8, 4) is 0 Å². The normalized spacial score (nSPS) is 21.7. The van der Waals surface area contributed by atoms with E-state index in [0.717, 1.165) is 55.6 Å². The zero-order valence-corrected chi connectivity index (χ0v) is 16.6. The summed E-state index contributed by atoms with van der Waals surface area (Å²) < 4.78 is 11.3. The van der Waals surface area contributed by atoms with E-state index in [4.69, 9.17) is 9.26 Å². The second-order valence-electron chi connectivity index (χ2n) is 8.25. The van der Waals surface area contributed by atoms with Crippen molar-refractivity contribution in [2.75, 3.05) is 19.7 Å². The molecule has 0 saturated carbocycles. The van der Waals surface area contributed by atoms with E-state index >= 15 is 0 Å². The van der Waals surface area contributed by atoms with Crippen molar-refractivity contribution >= 4 is 16.9 Å². The second kappa shape index (κ2) is 7.26. The molecular formula is C21H25N5O3. The molecule has 29 heavy (non-hydrogen) atoms. The van der Waals surface area contributed by atoms with E-state index < -0.39 is 0 Å². The fourth-order valence-electron chi connectivity index (χ4n) is 4.70. The summed E-state index contributed by atoms with van der Waals surface area (Å²) in [7, 11) is 0. The Morgan fingerprint density at radius 2 is 2.21 bits per heavy atom. The first-order valence-corrected chi connectivity index (χ1v) is 10.3. The quantitative estimate of drug-likeness (QED) is 0.732. The molecule has 0 bridgehead atoms. The maximum atomic E-state index is 13.0. The summed E-state index contributed by atoms with van der Waals surface area (Å²) >= 11 is 0. The van der Waals surface area contributed by atoms with Gasteiger partial charge in [0.25, 0.3) is 5.91 Å². The first-order valence-electron chi connectivity index (χ1n) is 10.3. The van der Waals surface area contributed by atoms with Gasteiger partial charge in [-0.2, -0.15) is 4.98 Å². The molecular weight excluding hydrogens is 370 g/mol. The smallest absolute Gasteiger partial charge is 0.253 e. The molecule has 2 aliphatic rings. The number of aromatic nitrogens is 4. The van der Waals surface area contributed by atoms with Gasteiger partial charge < -0.3 is 19.1 Å². The number of benzene rings is 1. The van der Waals surface area contributed by atoms with Crippen LogP contribution in [-0.4, -0.2) is 56.2 Å². The molecule has 8 heteroatoms. The van der Waals surface area contributed by atoms with E-state index in [2.05, 4.69) is 20.1 Å². The maximum absolute atomic E-state index is 13.0. The molecule has 1 N–H and O–H groups in total. The molecule has 152 valence electrons. The van der Waals surface area contributed by atoms with Gasteiger partial charge in [-0.3, -0.25) is 4.79 Å². The summed E-state index contributed by atoms with van der Waals surface area (Å²) in [6.45, 7) is 4.01. The summed E-state index contributed by atoms with van der Waals surface area (Å²) in [5, 5.41) is 4.04. The number of ether oxygens (including phenoxy) is 1. The van der Waals surface area contributed by atoms with Gasteiger partial charge in [-0.15, -0.1) is 0 Å². The molecule has 8 nitrogen and oxygen atoms in total. The van der Waals surface area contributed by atoms with E-state index in [9.17, 15) is 4.79 Å². The molecule has 1 spiro atoms. The highest BCUT2D eigenvalue weighted by Crippen LogP contribution is 2.38. The zero-order chi connectivity index (χ0) is 19.8. The van der Waals surface area contributed by atoms with Crippen LogP contribution in [0.2, 0.25) is 0 Å². The topological polar surface area (TPSA) is 97.1 Å². The van der Waals surface area contributed by atoms with Crippen LogP contribution in [0, 0.1) is 12.8 Å². The number of piperidine rings is 1. The molecule has 4 heterocycles. The lowest BCUT2D eigenvalue weighted by atomic mass is 9.78. The third kappa shape index (κ3) is 3.64. The van der Waals surface area contributed by atoms with Crippen LogP contribution in [0.1, 0.15) is 47.8 Å². The Kier molecular flexibility index (Phi) is 4.58. The molecule has 0 radical (unpaired) electrons. The fraction of sp³-hybridized carbons (Fsp3) is 0.524. The number of imidazole rings is 1. The lowest BCUT2D eigenvalue weighted by Crippen LogP contribution is -2.51. The van der Waals surface area contributed by atoms with Gasteiger partial charge in [0.15, 0.2) is 5.82 Å². The lowest BCUT2D eigenvalue weighted by Gasteiger charge is -2.46. The van der Waals surface area contributed by atoms with Gasteiger partial charge in [-0.25, -0.2) is 4.98 Å². The van der Waals surface area contributed by atoms with Crippen LogP contribution in [0.5, 0.6) is 0 Å². The minimum absolute atomic E-state index is 0.0750.